The first kappa shape index (κ1) is 22.0. The highest BCUT2D eigenvalue weighted by Crippen LogP contribution is 2.45. The SMILES string of the molecule is CCOC(=O)c1c(NC(=O)c2ccccc2Br)sc2c1CCC(C(C)(C)CC)C2. The van der Waals surface area contributed by atoms with Crippen LogP contribution in [0.5, 0.6) is 0 Å². The molecule has 1 N–H and O–H groups in total. The van der Waals surface area contributed by atoms with Gasteiger partial charge < -0.3 is 10.1 Å². The summed E-state index contributed by atoms with van der Waals surface area (Å²) in [6.07, 6.45) is 3.96. The molecule has 1 amide bonds. The number of carbonyl (C=O) groups excluding carboxylic acids is 2. The summed E-state index contributed by atoms with van der Waals surface area (Å²) in [4.78, 5) is 26.8. The molecule has 1 aliphatic rings. The van der Waals surface area contributed by atoms with Gasteiger partial charge in [0.25, 0.3) is 5.91 Å². The molecule has 4 nitrogen and oxygen atoms in total. The van der Waals surface area contributed by atoms with Gasteiger partial charge in [-0.15, -0.1) is 11.3 Å². The van der Waals surface area contributed by atoms with Crippen molar-refractivity contribution in [1.29, 1.82) is 0 Å². The average molecular weight is 478 g/mol. The first-order chi connectivity index (χ1) is 13.8. The Morgan fingerprint density at radius 3 is 2.66 bits per heavy atom. The minimum absolute atomic E-state index is 0.230. The van der Waals surface area contributed by atoms with Crippen LogP contribution in [0.25, 0.3) is 0 Å². The third-order valence-corrected chi connectivity index (χ3v) is 7.97. The zero-order valence-corrected chi connectivity index (χ0v) is 19.8. The first-order valence-corrected chi connectivity index (χ1v) is 11.8. The fourth-order valence-corrected chi connectivity index (χ4v) is 5.64. The molecule has 1 atom stereocenters. The molecule has 29 heavy (non-hydrogen) atoms. The van der Waals surface area contributed by atoms with E-state index in [-0.39, 0.29) is 17.3 Å². The minimum Gasteiger partial charge on any atom is -0.462 e. The number of anilines is 1. The van der Waals surface area contributed by atoms with Gasteiger partial charge in [0.1, 0.15) is 5.00 Å². The van der Waals surface area contributed by atoms with Crippen molar-refractivity contribution in [1.82, 2.24) is 0 Å². The molecule has 0 radical (unpaired) electrons. The van der Waals surface area contributed by atoms with Crippen LogP contribution in [0, 0.1) is 11.3 Å². The molecular weight excluding hydrogens is 450 g/mol. The number of hydrogen-bond acceptors (Lipinski definition) is 4. The second kappa shape index (κ2) is 9.00. The number of rotatable bonds is 6. The average Bonchev–Trinajstić information content (AvgIpc) is 3.05. The van der Waals surface area contributed by atoms with Gasteiger partial charge in [0.15, 0.2) is 0 Å². The predicted octanol–water partition coefficient (Wildman–Crippen LogP) is 6.48. The number of amides is 1. The first-order valence-electron chi connectivity index (χ1n) is 10.2. The van der Waals surface area contributed by atoms with Crippen molar-refractivity contribution < 1.29 is 14.3 Å². The van der Waals surface area contributed by atoms with E-state index in [1.165, 1.54) is 16.2 Å². The lowest BCUT2D eigenvalue weighted by Crippen LogP contribution is -2.28. The summed E-state index contributed by atoms with van der Waals surface area (Å²) in [6, 6.07) is 7.28. The summed E-state index contributed by atoms with van der Waals surface area (Å²) in [5.74, 6) is -0.00629. The van der Waals surface area contributed by atoms with Crippen molar-refractivity contribution in [2.24, 2.45) is 11.3 Å². The molecule has 0 saturated carbocycles. The third-order valence-electron chi connectivity index (χ3n) is 6.11. The highest BCUT2D eigenvalue weighted by atomic mass is 79.9. The fraction of sp³-hybridized carbons (Fsp3) is 0.478. The van der Waals surface area contributed by atoms with E-state index in [1.807, 2.05) is 18.2 Å². The Hall–Kier alpha value is -1.66. The topological polar surface area (TPSA) is 55.4 Å². The number of thiophene rings is 1. The Morgan fingerprint density at radius 1 is 1.28 bits per heavy atom. The number of halogens is 1. The molecule has 0 fully saturated rings. The summed E-state index contributed by atoms with van der Waals surface area (Å²) in [7, 11) is 0. The van der Waals surface area contributed by atoms with Crippen LogP contribution in [-0.2, 0) is 17.6 Å². The lowest BCUT2D eigenvalue weighted by Gasteiger charge is -2.36. The fourth-order valence-electron chi connectivity index (χ4n) is 3.86. The number of hydrogen-bond donors (Lipinski definition) is 1. The van der Waals surface area contributed by atoms with Gasteiger partial charge in [-0.1, -0.05) is 39.3 Å². The smallest absolute Gasteiger partial charge is 0.341 e. The number of ether oxygens (including phenoxy) is 1. The second-order valence-electron chi connectivity index (χ2n) is 8.14. The Labute approximate surface area is 185 Å². The molecule has 1 heterocycles. The van der Waals surface area contributed by atoms with E-state index in [1.54, 1.807) is 13.0 Å². The van der Waals surface area contributed by atoms with Gasteiger partial charge in [-0.05, 0) is 71.1 Å². The maximum absolute atomic E-state index is 12.9. The third kappa shape index (κ3) is 4.58. The molecule has 0 bridgehead atoms. The summed E-state index contributed by atoms with van der Waals surface area (Å²) in [5.41, 5.74) is 2.39. The van der Waals surface area contributed by atoms with Crippen LogP contribution in [0.1, 0.15) is 71.7 Å². The highest BCUT2D eigenvalue weighted by molar-refractivity contribution is 9.10. The lowest BCUT2D eigenvalue weighted by atomic mass is 9.69. The molecule has 0 aliphatic heterocycles. The van der Waals surface area contributed by atoms with E-state index < -0.39 is 0 Å². The molecule has 1 aromatic carbocycles. The Kier molecular flexibility index (Phi) is 6.84. The zero-order valence-electron chi connectivity index (χ0n) is 17.4. The van der Waals surface area contributed by atoms with Gasteiger partial charge in [-0.25, -0.2) is 4.79 Å². The minimum atomic E-state index is -0.347. The van der Waals surface area contributed by atoms with Crippen molar-refractivity contribution in [3.63, 3.8) is 0 Å². The van der Waals surface area contributed by atoms with Gasteiger partial charge in [0.2, 0.25) is 0 Å². The second-order valence-corrected chi connectivity index (χ2v) is 10.1. The molecule has 1 aliphatic carbocycles. The van der Waals surface area contributed by atoms with E-state index in [9.17, 15) is 9.59 Å². The Morgan fingerprint density at radius 2 is 2.00 bits per heavy atom. The van der Waals surface area contributed by atoms with Crippen LogP contribution < -0.4 is 5.32 Å². The largest absolute Gasteiger partial charge is 0.462 e. The Balaban J connectivity index is 1.96. The maximum atomic E-state index is 12.9. The molecule has 0 spiro atoms. The van der Waals surface area contributed by atoms with Crippen LogP contribution in [0.2, 0.25) is 0 Å². The van der Waals surface area contributed by atoms with Crippen LogP contribution in [0.4, 0.5) is 5.00 Å². The molecular formula is C23H28BrNO3S. The van der Waals surface area contributed by atoms with Crippen molar-refractivity contribution in [3.05, 3.63) is 50.3 Å². The van der Waals surface area contributed by atoms with Crippen LogP contribution in [-0.4, -0.2) is 18.5 Å². The highest BCUT2D eigenvalue weighted by Gasteiger charge is 2.35. The van der Waals surface area contributed by atoms with Crippen molar-refractivity contribution in [2.45, 2.75) is 53.4 Å². The van der Waals surface area contributed by atoms with E-state index in [0.29, 0.717) is 28.7 Å². The number of esters is 1. The molecule has 1 unspecified atom stereocenters. The van der Waals surface area contributed by atoms with Gasteiger partial charge in [-0.3, -0.25) is 4.79 Å². The summed E-state index contributed by atoms with van der Waals surface area (Å²) < 4.78 is 6.05. The Bertz CT molecular complexity index is 919. The monoisotopic (exact) mass is 477 g/mol. The van der Waals surface area contributed by atoms with Crippen molar-refractivity contribution in [2.75, 3.05) is 11.9 Å². The summed E-state index contributed by atoms with van der Waals surface area (Å²) >= 11 is 4.96. The number of nitrogens with one attached hydrogen (secondary N) is 1. The van der Waals surface area contributed by atoms with Gasteiger partial charge in [0.05, 0.1) is 17.7 Å². The molecule has 0 saturated heterocycles. The normalized spacial score (nSPS) is 16.2. The standard InChI is InChI=1S/C23H28BrNO3S/c1-5-23(3,4)14-11-12-16-18(13-14)29-21(19(16)22(27)28-6-2)25-20(26)15-9-7-8-10-17(15)24/h7-10,14H,5-6,11-13H2,1-4H3,(H,25,26). The maximum Gasteiger partial charge on any atom is 0.341 e. The van der Waals surface area contributed by atoms with Crippen LogP contribution in [0.15, 0.2) is 28.7 Å². The molecule has 3 rings (SSSR count). The van der Waals surface area contributed by atoms with E-state index in [4.69, 9.17) is 4.74 Å². The zero-order chi connectivity index (χ0) is 21.2. The quantitative estimate of drug-likeness (QED) is 0.484. The number of fused-ring (bicyclic) bond motifs is 1. The van der Waals surface area contributed by atoms with Crippen LogP contribution >= 0.6 is 27.3 Å². The summed E-state index contributed by atoms with van der Waals surface area (Å²) in [5, 5.41) is 3.58. The lowest BCUT2D eigenvalue weighted by molar-refractivity contribution is 0.0526. The van der Waals surface area contributed by atoms with E-state index in [2.05, 4.69) is 42.0 Å². The molecule has 2 aromatic rings. The number of benzene rings is 1. The molecule has 156 valence electrons. The summed E-state index contributed by atoms with van der Waals surface area (Å²) in [6.45, 7) is 8.98. The van der Waals surface area contributed by atoms with E-state index >= 15 is 0 Å². The predicted molar refractivity (Wildman–Crippen MR) is 122 cm³/mol. The van der Waals surface area contributed by atoms with Crippen molar-refractivity contribution in [3.8, 4) is 0 Å². The van der Waals surface area contributed by atoms with E-state index in [0.717, 1.165) is 35.7 Å². The molecule has 1 aromatic heterocycles. The van der Waals surface area contributed by atoms with Gasteiger partial charge >= 0.3 is 5.97 Å². The van der Waals surface area contributed by atoms with Crippen LogP contribution in [0.3, 0.4) is 0 Å². The van der Waals surface area contributed by atoms with Gasteiger partial charge in [0, 0.05) is 9.35 Å². The number of carbonyl (C=O) groups is 2. The molecule has 6 heteroatoms. The van der Waals surface area contributed by atoms with Gasteiger partial charge in [-0.2, -0.15) is 0 Å². The van der Waals surface area contributed by atoms with Crippen molar-refractivity contribution >= 4 is 44.1 Å².